The number of halogens is 6. The second kappa shape index (κ2) is 11.1. The second-order valence-electron chi connectivity index (χ2n) is 11.9. The SMILES string of the molecule is C=C1CC(c2cc(C(F)(F)F)cc(C(F)(F)F)c2)C(C)N1CC1=C(c2cc(SC)ccc2CC)CCC(C)(C)C1. The summed E-state index contributed by atoms with van der Waals surface area (Å²) in [7, 11) is 0. The third-order valence-corrected chi connectivity index (χ3v) is 9.25. The molecule has 1 fully saturated rings. The van der Waals surface area contributed by atoms with Crippen molar-refractivity contribution < 1.29 is 26.3 Å². The fourth-order valence-electron chi connectivity index (χ4n) is 6.26. The molecule has 0 N–H and O–H groups in total. The molecular formula is C32H37F6NS. The van der Waals surface area contributed by atoms with Crippen LogP contribution in [0, 0.1) is 5.41 Å². The average molecular weight is 582 g/mol. The second-order valence-corrected chi connectivity index (χ2v) is 12.8. The van der Waals surface area contributed by atoms with Crippen LogP contribution in [-0.2, 0) is 18.8 Å². The number of likely N-dealkylation sites (tertiary alicyclic amines) is 1. The summed E-state index contributed by atoms with van der Waals surface area (Å²) in [5.41, 5.74) is 3.47. The van der Waals surface area contributed by atoms with Crippen LogP contribution in [0.1, 0.15) is 87.1 Å². The minimum Gasteiger partial charge on any atom is -0.368 e. The van der Waals surface area contributed by atoms with Gasteiger partial charge in [0.2, 0.25) is 0 Å². The van der Waals surface area contributed by atoms with Crippen LogP contribution in [0.25, 0.3) is 5.57 Å². The summed E-state index contributed by atoms with van der Waals surface area (Å²) in [5.74, 6) is -0.525. The number of nitrogens with zero attached hydrogens (tertiary/aromatic N) is 1. The minimum atomic E-state index is -4.87. The fourth-order valence-corrected chi connectivity index (χ4v) is 6.70. The maximum atomic E-state index is 13.6. The molecule has 0 saturated carbocycles. The van der Waals surface area contributed by atoms with Gasteiger partial charge in [-0.25, -0.2) is 0 Å². The molecule has 1 heterocycles. The Kier molecular flexibility index (Phi) is 8.53. The number of rotatable bonds is 6. The lowest BCUT2D eigenvalue weighted by molar-refractivity contribution is -0.143. The van der Waals surface area contributed by atoms with Crippen molar-refractivity contribution in [2.45, 2.75) is 89.0 Å². The number of hydrogen-bond donors (Lipinski definition) is 0. The largest absolute Gasteiger partial charge is 0.416 e. The molecule has 0 bridgehead atoms. The first kappa shape index (κ1) is 30.6. The van der Waals surface area contributed by atoms with E-state index in [4.69, 9.17) is 0 Å². The first-order valence-corrected chi connectivity index (χ1v) is 14.9. The molecule has 2 aromatic carbocycles. The van der Waals surface area contributed by atoms with E-state index in [-0.39, 0.29) is 23.1 Å². The summed E-state index contributed by atoms with van der Waals surface area (Å²) in [6.07, 6.45) is -3.63. The van der Waals surface area contributed by atoms with Crippen LogP contribution in [0.15, 0.2) is 59.1 Å². The first-order valence-electron chi connectivity index (χ1n) is 13.7. The summed E-state index contributed by atoms with van der Waals surface area (Å²) in [5, 5.41) is 0. The normalized spacial score (nSPS) is 21.9. The van der Waals surface area contributed by atoms with Gasteiger partial charge in [0, 0.05) is 29.1 Å². The van der Waals surface area contributed by atoms with Crippen molar-refractivity contribution in [2.24, 2.45) is 5.41 Å². The standard InChI is InChI=1S/C32H37F6NS/c1-7-21-8-9-26(40-6)16-29(21)27-10-11-30(4,5)17-23(27)18-39-19(2)12-28(20(39)3)22-13-24(31(33,34)35)15-25(14-22)32(36,37)38/h8-9,13-16,20,28H,2,7,10-12,17-18H2,1,3-6H3. The summed E-state index contributed by atoms with van der Waals surface area (Å²) < 4.78 is 81.4. The van der Waals surface area contributed by atoms with Crippen molar-refractivity contribution in [1.29, 1.82) is 0 Å². The maximum absolute atomic E-state index is 13.6. The van der Waals surface area contributed by atoms with Gasteiger partial charge in [-0.3, -0.25) is 0 Å². The highest BCUT2D eigenvalue weighted by atomic mass is 32.2. The predicted octanol–water partition coefficient (Wildman–Crippen LogP) is 10.4. The number of alkyl halides is 6. The molecular weight excluding hydrogens is 544 g/mol. The third kappa shape index (κ3) is 6.42. The van der Waals surface area contributed by atoms with Crippen LogP contribution < -0.4 is 0 Å². The van der Waals surface area contributed by atoms with E-state index in [0.29, 0.717) is 13.0 Å². The summed E-state index contributed by atoms with van der Waals surface area (Å²) in [6.45, 7) is 13.3. The number of hydrogen-bond acceptors (Lipinski definition) is 2. The van der Waals surface area contributed by atoms with Crippen LogP contribution in [-0.4, -0.2) is 23.7 Å². The lowest BCUT2D eigenvalue weighted by atomic mass is 9.72. The lowest BCUT2D eigenvalue weighted by Gasteiger charge is -2.37. The van der Waals surface area contributed by atoms with Crippen molar-refractivity contribution >= 4 is 17.3 Å². The van der Waals surface area contributed by atoms with Crippen LogP contribution in [0.2, 0.25) is 0 Å². The molecule has 2 atom stereocenters. The Morgan fingerprint density at radius 1 is 1.00 bits per heavy atom. The topological polar surface area (TPSA) is 3.24 Å². The van der Waals surface area contributed by atoms with Crippen molar-refractivity contribution in [3.63, 3.8) is 0 Å². The van der Waals surface area contributed by atoms with Gasteiger partial charge in [-0.15, -0.1) is 11.8 Å². The van der Waals surface area contributed by atoms with Gasteiger partial charge in [0.05, 0.1) is 11.1 Å². The van der Waals surface area contributed by atoms with Gasteiger partial charge in [0.1, 0.15) is 0 Å². The zero-order valence-electron chi connectivity index (χ0n) is 23.7. The van der Waals surface area contributed by atoms with Gasteiger partial charge in [-0.1, -0.05) is 33.4 Å². The molecule has 218 valence electrons. The van der Waals surface area contributed by atoms with E-state index in [1.165, 1.54) is 27.2 Å². The van der Waals surface area contributed by atoms with Gasteiger partial charge >= 0.3 is 12.4 Å². The molecule has 0 spiro atoms. The first-order chi connectivity index (χ1) is 18.5. The highest BCUT2D eigenvalue weighted by molar-refractivity contribution is 7.98. The Hall–Kier alpha value is -2.35. The fraction of sp³-hybridized carbons (Fsp3) is 0.500. The maximum Gasteiger partial charge on any atom is 0.416 e. The molecule has 40 heavy (non-hydrogen) atoms. The Balaban J connectivity index is 1.73. The lowest BCUT2D eigenvalue weighted by Crippen LogP contribution is -2.33. The van der Waals surface area contributed by atoms with E-state index in [1.807, 2.05) is 6.92 Å². The molecule has 0 aromatic heterocycles. The Morgan fingerprint density at radius 2 is 1.62 bits per heavy atom. The van der Waals surface area contributed by atoms with E-state index in [0.717, 1.165) is 43.5 Å². The van der Waals surface area contributed by atoms with Crippen molar-refractivity contribution in [2.75, 3.05) is 12.8 Å². The third-order valence-electron chi connectivity index (χ3n) is 8.53. The van der Waals surface area contributed by atoms with E-state index < -0.39 is 29.4 Å². The Labute approximate surface area is 237 Å². The molecule has 2 aromatic rings. The van der Waals surface area contributed by atoms with E-state index in [1.54, 1.807) is 11.8 Å². The van der Waals surface area contributed by atoms with Gasteiger partial charge in [-0.2, -0.15) is 26.3 Å². The molecule has 1 aliphatic heterocycles. The molecule has 1 nitrogen and oxygen atoms in total. The molecule has 4 rings (SSSR count). The van der Waals surface area contributed by atoms with Crippen LogP contribution in [0.4, 0.5) is 26.3 Å². The Morgan fingerprint density at radius 3 is 2.17 bits per heavy atom. The highest BCUT2D eigenvalue weighted by Gasteiger charge is 2.41. The van der Waals surface area contributed by atoms with Crippen LogP contribution in [0.5, 0.6) is 0 Å². The van der Waals surface area contributed by atoms with Crippen molar-refractivity contribution in [3.8, 4) is 0 Å². The zero-order valence-corrected chi connectivity index (χ0v) is 24.5. The quantitative estimate of drug-likeness (QED) is 0.247. The summed E-state index contributed by atoms with van der Waals surface area (Å²) in [4.78, 5) is 3.28. The molecule has 8 heteroatoms. The molecule has 0 amide bonds. The highest BCUT2D eigenvalue weighted by Crippen LogP contribution is 2.47. The molecule has 0 radical (unpaired) electrons. The molecule has 1 saturated heterocycles. The van der Waals surface area contributed by atoms with Crippen LogP contribution in [0.3, 0.4) is 0 Å². The van der Waals surface area contributed by atoms with Crippen molar-refractivity contribution in [3.05, 3.63) is 82.1 Å². The summed E-state index contributed by atoms with van der Waals surface area (Å²) >= 11 is 1.70. The minimum absolute atomic E-state index is 0.0532. The van der Waals surface area contributed by atoms with Gasteiger partial charge < -0.3 is 4.90 Å². The number of aryl methyl sites for hydroxylation is 1. The molecule has 2 aliphatic rings. The predicted molar refractivity (Wildman–Crippen MR) is 151 cm³/mol. The van der Waals surface area contributed by atoms with Crippen LogP contribution >= 0.6 is 11.8 Å². The van der Waals surface area contributed by atoms with Gasteiger partial charge in [0.15, 0.2) is 0 Å². The van der Waals surface area contributed by atoms with Crippen molar-refractivity contribution in [1.82, 2.24) is 4.90 Å². The summed E-state index contributed by atoms with van der Waals surface area (Å²) in [6, 6.07) is 8.23. The monoisotopic (exact) mass is 581 g/mol. The molecule has 2 unspecified atom stereocenters. The average Bonchev–Trinajstić information content (AvgIpc) is 3.15. The Bertz CT molecular complexity index is 1270. The van der Waals surface area contributed by atoms with Gasteiger partial charge in [0.25, 0.3) is 0 Å². The van der Waals surface area contributed by atoms with E-state index in [2.05, 4.69) is 56.7 Å². The van der Waals surface area contributed by atoms with E-state index in [9.17, 15) is 26.3 Å². The number of thioether (sulfide) groups is 1. The molecule has 1 aliphatic carbocycles. The smallest absolute Gasteiger partial charge is 0.368 e. The number of benzene rings is 2. The van der Waals surface area contributed by atoms with Gasteiger partial charge in [-0.05, 0) is 109 Å². The zero-order chi connectivity index (χ0) is 29.6. The van der Waals surface area contributed by atoms with E-state index >= 15 is 0 Å². The number of allylic oxidation sites excluding steroid dienone is 2.